The summed E-state index contributed by atoms with van der Waals surface area (Å²) in [5.74, 6) is 0.196. The highest BCUT2D eigenvalue weighted by molar-refractivity contribution is 5.88. The molecule has 0 saturated carbocycles. The van der Waals surface area contributed by atoms with Gasteiger partial charge in [0.1, 0.15) is 5.54 Å². The number of primary amides is 1. The number of nitrogens with one attached hydrogen (secondary N) is 1. The summed E-state index contributed by atoms with van der Waals surface area (Å²) in [7, 11) is 0. The Bertz CT molecular complexity index is 431. The summed E-state index contributed by atoms with van der Waals surface area (Å²) < 4.78 is 0. The molecule has 0 fully saturated rings. The molecule has 0 spiro atoms. The van der Waals surface area contributed by atoms with Gasteiger partial charge >= 0.3 is 0 Å². The molecule has 2 unspecified atom stereocenters. The van der Waals surface area contributed by atoms with E-state index in [0.29, 0.717) is 12.3 Å². The number of hydrogen-bond acceptors (Lipinski definition) is 2. The highest BCUT2D eigenvalue weighted by atomic mass is 16.1. The first-order chi connectivity index (χ1) is 8.93. The summed E-state index contributed by atoms with van der Waals surface area (Å²) in [5, 5.41) is 3.37. The molecular formula is C16H26N2O. The number of amides is 1. The van der Waals surface area contributed by atoms with Crippen LogP contribution in [0, 0.1) is 12.8 Å². The van der Waals surface area contributed by atoms with E-state index in [2.05, 4.69) is 19.2 Å². The van der Waals surface area contributed by atoms with E-state index in [1.807, 2.05) is 38.1 Å². The van der Waals surface area contributed by atoms with E-state index >= 15 is 0 Å². The summed E-state index contributed by atoms with van der Waals surface area (Å²) in [6, 6.07) is 8.06. The van der Waals surface area contributed by atoms with Crippen LogP contribution in [0.5, 0.6) is 0 Å². The lowest BCUT2D eigenvalue weighted by Gasteiger charge is -2.34. The molecule has 3 N–H and O–H groups in total. The van der Waals surface area contributed by atoms with Crippen molar-refractivity contribution in [2.75, 3.05) is 5.32 Å². The van der Waals surface area contributed by atoms with Gasteiger partial charge in [0, 0.05) is 5.69 Å². The number of rotatable bonds is 7. The van der Waals surface area contributed by atoms with Gasteiger partial charge in [0.25, 0.3) is 0 Å². The third-order valence-electron chi connectivity index (χ3n) is 3.87. The van der Waals surface area contributed by atoms with Crippen LogP contribution in [0.3, 0.4) is 0 Å². The molecule has 0 saturated heterocycles. The van der Waals surface area contributed by atoms with Crippen LogP contribution in [0.1, 0.15) is 45.6 Å². The van der Waals surface area contributed by atoms with Crippen LogP contribution < -0.4 is 11.1 Å². The molecule has 0 heterocycles. The molecule has 2 atom stereocenters. The molecule has 19 heavy (non-hydrogen) atoms. The number of aryl methyl sites for hydroxylation is 1. The molecule has 106 valence electrons. The van der Waals surface area contributed by atoms with E-state index in [-0.39, 0.29) is 5.91 Å². The average Bonchev–Trinajstić information content (AvgIpc) is 2.37. The summed E-state index contributed by atoms with van der Waals surface area (Å²) in [5.41, 5.74) is 7.15. The van der Waals surface area contributed by atoms with E-state index in [4.69, 9.17) is 5.73 Å². The second-order valence-electron chi connectivity index (χ2n) is 5.51. The van der Waals surface area contributed by atoms with Crippen molar-refractivity contribution in [1.82, 2.24) is 0 Å². The molecule has 1 amide bonds. The van der Waals surface area contributed by atoms with Gasteiger partial charge in [0.15, 0.2) is 0 Å². The maximum absolute atomic E-state index is 12.0. The predicted octanol–water partition coefficient (Wildman–Crippen LogP) is 3.48. The molecular weight excluding hydrogens is 236 g/mol. The number of nitrogens with two attached hydrogens (primary N) is 1. The van der Waals surface area contributed by atoms with Crippen LogP contribution in [0.4, 0.5) is 5.69 Å². The van der Waals surface area contributed by atoms with Gasteiger partial charge in [-0.25, -0.2) is 0 Å². The fourth-order valence-corrected chi connectivity index (χ4v) is 2.36. The Morgan fingerprint density at radius 3 is 2.58 bits per heavy atom. The van der Waals surface area contributed by atoms with Crippen molar-refractivity contribution in [3.63, 3.8) is 0 Å². The maximum Gasteiger partial charge on any atom is 0.243 e. The lowest BCUT2D eigenvalue weighted by molar-refractivity contribution is -0.123. The van der Waals surface area contributed by atoms with Gasteiger partial charge in [-0.1, -0.05) is 39.3 Å². The van der Waals surface area contributed by atoms with Crippen LogP contribution in [0.25, 0.3) is 0 Å². The average molecular weight is 262 g/mol. The molecule has 1 aromatic rings. The molecule has 1 aromatic carbocycles. The molecule has 0 aliphatic heterocycles. The Balaban J connectivity index is 3.00. The van der Waals surface area contributed by atoms with E-state index in [9.17, 15) is 4.79 Å². The van der Waals surface area contributed by atoms with Crippen molar-refractivity contribution >= 4 is 11.6 Å². The van der Waals surface area contributed by atoms with Gasteiger partial charge in [0.2, 0.25) is 5.91 Å². The predicted molar refractivity (Wildman–Crippen MR) is 81.1 cm³/mol. The molecule has 0 aliphatic rings. The third kappa shape index (κ3) is 3.98. The van der Waals surface area contributed by atoms with Gasteiger partial charge in [-0.05, 0) is 43.4 Å². The third-order valence-corrected chi connectivity index (χ3v) is 3.87. The zero-order valence-electron chi connectivity index (χ0n) is 12.5. The summed E-state index contributed by atoms with van der Waals surface area (Å²) in [6.45, 7) is 8.34. The first-order valence-corrected chi connectivity index (χ1v) is 7.08. The second kappa shape index (κ2) is 6.60. The first-order valence-electron chi connectivity index (χ1n) is 7.08. The molecule has 0 radical (unpaired) electrons. The van der Waals surface area contributed by atoms with Gasteiger partial charge in [-0.3, -0.25) is 4.79 Å². The highest BCUT2D eigenvalue weighted by Gasteiger charge is 2.35. The van der Waals surface area contributed by atoms with Gasteiger partial charge in [-0.15, -0.1) is 0 Å². The maximum atomic E-state index is 12.0. The van der Waals surface area contributed by atoms with Gasteiger partial charge in [-0.2, -0.15) is 0 Å². The van der Waals surface area contributed by atoms with Crippen molar-refractivity contribution in [3.05, 3.63) is 29.8 Å². The molecule has 3 heteroatoms. The Morgan fingerprint density at radius 1 is 1.42 bits per heavy atom. The normalized spacial score (nSPS) is 15.6. The smallest absolute Gasteiger partial charge is 0.243 e. The molecule has 0 bridgehead atoms. The van der Waals surface area contributed by atoms with Crippen LogP contribution >= 0.6 is 0 Å². The van der Waals surface area contributed by atoms with Crippen molar-refractivity contribution in [2.45, 2.75) is 52.5 Å². The monoisotopic (exact) mass is 262 g/mol. The molecule has 3 nitrogen and oxygen atoms in total. The quantitative estimate of drug-likeness (QED) is 0.790. The number of benzene rings is 1. The zero-order chi connectivity index (χ0) is 14.5. The Labute approximate surface area is 116 Å². The summed E-state index contributed by atoms with van der Waals surface area (Å²) in [4.78, 5) is 12.0. The van der Waals surface area contributed by atoms with E-state index < -0.39 is 5.54 Å². The lowest BCUT2D eigenvalue weighted by Crippen LogP contribution is -2.51. The van der Waals surface area contributed by atoms with Crippen molar-refractivity contribution < 1.29 is 4.79 Å². The standard InChI is InChI=1S/C16H26N2O/c1-5-12(3)11-16(6-2,15(17)19)18-14-9-7-8-13(4)10-14/h7-10,12,18H,5-6,11H2,1-4H3,(H2,17,19). The summed E-state index contributed by atoms with van der Waals surface area (Å²) >= 11 is 0. The van der Waals surface area contributed by atoms with Crippen molar-refractivity contribution in [1.29, 1.82) is 0 Å². The Kier molecular flexibility index (Phi) is 5.40. The zero-order valence-corrected chi connectivity index (χ0v) is 12.5. The fourth-order valence-electron chi connectivity index (χ4n) is 2.36. The van der Waals surface area contributed by atoms with E-state index in [1.54, 1.807) is 0 Å². The minimum Gasteiger partial charge on any atom is -0.371 e. The minimum atomic E-state index is -0.650. The number of hydrogen-bond donors (Lipinski definition) is 2. The minimum absolute atomic E-state index is 0.267. The van der Waals surface area contributed by atoms with Crippen molar-refractivity contribution in [2.24, 2.45) is 11.7 Å². The fraction of sp³-hybridized carbons (Fsp3) is 0.562. The molecule has 1 rings (SSSR count). The number of carbonyl (C=O) groups is 1. The van der Waals surface area contributed by atoms with Crippen LogP contribution in [-0.4, -0.2) is 11.4 Å². The first kappa shape index (κ1) is 15.5. The van der Waals surface area contributed by atoms with E-state index in [0.717, 1.165) is 18.5 Å². The molecule has 0 aliphatic carbocycles. The number of carbonyl (C=O) groups excluding carboxylic acids is 1. The Morgan fingerprint density at radius 2 is 2.11 bits per heavy atom. The largest absolute Gasteiger partial charge is 0.371 e. The van der Waals surface area contributed by atoms with E-state index in [1.165, 1.54) is 5.56 Å². The number of anilines is 1. The topological polar surface area (TPSA) is 55.1 Å². The van der Waals surface area contributed by atoms with Crippen LogP contribution in [-0.2, 0) is 4.79 Å². The van der Waals surface area contributed by atoms with Crippen molar-refractivity contribution in [3.8, 4) is 0 Å². The van der Waals surface area contributed by atoms with Gasteiger partial charge in [0.05, 0.1) is 0 Å². The molecule has 0 aromatic heterocycles. The highest BCUT2D eigenvalue weighted by Crippen LogP contribution is 2.27. The Hall–Kier alpha value is -1.51. The lowest BCUT2D eigenvalue weighted by atomic mass is 9.83. The van der Waals surface area contributed by atoms with Gasteiger partial charge < -0.3 is 11.1 Å². The second-order valence-corrected chi connectivity index (χ2v) is 5.51. The SMILES string of the molecule is CCC(C)CC(CC)(Nc1cccc(C)c1)C(N)=O. The summed E-state index contributed by atoms with van der Waals surface area (Å²) in [6.07, 6.45) is 2.51. The van der Waals surface area contributed by atoms with Crippen LogP contribution in [0.2, 0.25) is 0 Å². The van der Waals surface area contributed by atoms with Crippen LogP contribution in [0.15, 0.2) is 24.3 Å².